The normalized spacial score (nSPS) is 7.70. The van der Waals surface area contributed by atoms with Gasteiger partial charge in [-0.1, -0.05) is 24.1 Å². The van der Waals surface area contributed by atoms with Gasteiger partial charge in [-0.15, -0.1) is 0 Å². The Morgan fingerprint density at radius 1 is 1.20 bits per heavy atom. The number of para-hydroxylation sites is 1. The Labute approximate surface area is 61.1 Å². The molecule has 1 aromatic rings. The highest BCUT2D eigenvalue weighted by atomic mass is 14.8. The fourth-order valence-electron chi connectivity index (χ4n) is 0.623. The predicted molar refractivity (Wildman–Crippen MR) is 41.7 cm³/mol. The van der Waals surface area contributed by atoms with Crippen LogP contribution in [0.3, 0.4) is 0 Å². The lowest BCUT2D eigenvalue weighted by Crippen LogP contribution is -1.83. The maximum atomic E-state index is 3.96. The highest BCUT2D eigenvalue weighted by Gasteiger charge is 1.83. The van der Waals surface area contributed by atoms with Gasteiger partial charge in [0.1, 0.15) is 0 Å². The first-order valence-electron chi connectivity index (χ1n) is 3.11. The van der Waals surface area contributed by atoms with Gasteiger partial charge < -0.3 is 0 Å². The summed E-state index contributed by atoms with van der Waals surface area (Å²) in [5.41, 5.74) is 0.914. The molecule has 0 N–H and O–H groups in total. The van der Waals surface area contributed by atoms with Crippen molar-refractivity contribution < 1.29 is 0 Å². The van der Waals surface area contributed by atoms with Crippen molar-refractivity contribution >= 4 is 5.69 Å². The van der Waals surface area contributed by atoms with Gasteiger partial charge in [-0.3, -0.25) is 0 Å². The van der Waals surface area contributed by atoms with Crippen molar-refractivity contribution in [2.45, 2.75) is 6.92 Å². The summed E-state index contributed by atoms with van der Waals surface area (Å²) in [6, 6.07) is 12.3. The molecule has 0 saturated carbocycles. The van der Waals surface area contributed by atoms with E-state index in [1.54, 1.807) is 6.92 Å². The van der Waals surface area contributed by atoms with Gasteiger partial charge >= 0.3 is 0 Å². The lowest BCUT2D eigenvalue weighted by atomic mass is 10.3. The van der Waals surface area contributed by atoms with E-state index in [2.05, 4.69) is 17.3 Å². The summed E-state index contributed by atoms with van der Waals surface area (Å²) in [6.45, 7) is 1.77. The van der Waals surface area contributed by atoms with E-state index in [0.29, 0.717) is 0 Å². The van der Waals surface area contributed by atoms with Crippen LogP contribution in [0.25, 0.3) is 0 Å². The zero-order chi connectivity index (χ0) is 7.23. The number of nitrogens with zero attached hydrogens (tertiary/aromatic N) is 1. The summed E-state index contributed by atoms with van der Waals surface area (Å²) in [6.07, 6.45) is 0. The second-order valence-corrected chi connectivity index (χ2v) is 1.81. The smallest absolute Gasteiger partial charge is 0.0737 e. The topological polar surface area (TPSA) is 14.1 Å². The number of rotatable bonds is 1. The highest BCUT2D eigenvalue weighted by Crippen LogP contribution is 2.02. The van der Waals surface area contributed by atoms with E-state index >= 15 is 0 Å². The Kier molecular flexibility index (Phi) is 2.39. The summed E-state index contributed by atoms with van der Waals surface area (Å²) in [4.78, 5) is 0. The Bertz CT molecular complexity index is 240. The molecule has 0 aliphatic heterocycles. The monoisotopic (exact) mass is 130 g/mol. The Hall–Kier alpha value is -1.42. The van der Waals surface area contributed by atoms with E-state index in [4.69, 9.17) is 0 Å². The highest BCUT2D eigenvalue weighted by molar-refractivity contribution is 5.37. The minimum Gasteiger partial charge on any atom is -0.198 e. The third-order valence-electron chi connectivity index (χ3n) is 1.05. The second-order valence-electron chi connectivity index (χ2n) is 1.81. The molecule has 1 aromatic carbocycles. The van der Waals surface area contributed by atoms with Crippen LogP contribution in [-0.4, -0.2) is 0 Å². The molecule has 1 nitrogen and oxygen atoms in total. The van der Waals surface area contributed by atoms with E-state index in [9.17, 15) is 0 Å². The van der Waals surface area contributed by atoms with Gasteiger partial charge in [0.05, 0.1) is 5.69 Å². The van der Waals surface area contributed by atoms with Crippen molar-refractivity contribution in [1.82, 2.24) is 5.32 Å². The molecule has 0 heterocycles. The average molecular weight is 130 g/mol. The summed E-state index contributed by atoms with van der Waals surface area (Å²) in [7, 11) is 0. The molecule has 1 heteroatoms. The van der Waals surface area contributed by atoms with E-state index in [0.717, 1.165) is 5.69 Å². The Balaban J connectivity index is 2.64. The first kappa shape index (κ1) is 6.70. The maximum absolute atomic E-state index is 3.96. The largest absolute Gasteiger partial charge is 0.198 e. The molecule has 0 aromatic heterocycles. The molecular formula is C9H8N. The van der Waals surface area contributed by atoms with Gasteiger partial charge in [0.2, 0.25) is 0 Å². The predicted octanol–water partition coefficient (Wildman–Crippen LogP) is 1.90. The molecule has 1 radical (unpaired) electrons. The standard InChI is InChI=1S/C9H8N/c1-2-8-10-9-6-4-3-5-7-9/h3-7H,1H3. The Morgan fingerprint density at radius 3 is 2.50 bits per heavy atom. The second kappa shape index (κ2) is 3.58. The molecule has 49 valence electrons. The van der Waals surface area contributed by atoms with Crippen LogP contribution in [-0.2, 0) is 0 Å². The van der Waals surface area contributed by atoms with E-state index < -0.39 is 0 Å². The quantitative estimate of drug-likeness (QED) is 0.515. The van der Waals surface area contributed by atoms with Gasteiger partial charge in [0.15, 0.2) is 0 Å². The molecule has 0 atom stereocenters. The van der Waals surface area contributed by atoms with Crippen LogP contribution < -0.4 is 5.32 Å². The fraction of sp³-hybridized carbons (Fsp3) is 0.111. The summed E-state index contributed by atoms with van der Waals surface area (Å²) >= 11 is 0. The van der Waals surface area contributed by atoms with Crippen LogP contribution in [0.1, 0.15) is 6.92 Å². The summed E-state index contributed by atoms with van der Waals surface area (Å²) in [5, 5.41) is 3.96. The lowest BCUT2D eigenvalue weighted by molar-refractivity contribution is 1.24. The van der Waals surface area contributed by atoms with Crippen molar-refractivity contribution in [2.24, 2.45) is 0 Å². The van der Waals surface area contributed by atoms with Crippen molar-refractivity contribution in [3.63, 3.8) is 0 Å². The van der Waals surface area contributed by atoms with Gasteiger partial charge in [-0.2, -0.15) is 5.32 Å². The van der Waals surface area contributed by atoms with Crippen LogP contribution in [0.4, 0.5) is 5.69 Å². The average Bonchev–Trinajstić information content (AvgIpc) is 2.03. The molecule has 0 saturated heterocycles. The third-order valence-corrected chi connectivity index (χ3v) is 1.05. The lowest BCUT2D eigenvalue weighted by Gasteiger charge is -1.89. The molecule has 10 heavy (non-hydrogen) atoms. The molecule has 0 aliphatic rings. The van der Waals surface area contributed by atoms with Gasteiger partial charge in [-0.05, 0) is 19.1 Å². The molecule has 0 bridgehead atoms. The van der Waals surface area contributed by atoms with Crippen molar-refractivity contribution in [2.75, 3.05) is 0 Å². The van der Waals surface area contributed by atoms with E-state index in [-0.39, 0.29) is 0 Å². The first-order chi connectivity index (χ1) is 4.93. The third kappa shape index (κ3) is 1.83. The molecule has 0 fully saturated rings. The van der Waals surface area contributed by atoms with Crippen molar-refractivity contribution in [3.05, 3.63) is 30.3 Å². The Morgan fingerprint density at radius 2 is 1.90 bits per heavy atom. The van der Waals surface area contributed by atoms with Gasteiger partial charge in [-0.25, -0.2) is 0 Å². The number of hydrogen-bond donors (Lipinski definition) is 0. The fourth-order valence-corrected chi connectivity index (χ4v) is 0.623. The summed E-state index contributed by atoms with van der Waals surface area (Å²) < 4.78 is 0. The minimum atomic E-state index is 0.914. The van der Waals surface area contributed by atoms with Crippen LogP contribution in [0.15, 0.2) is 30.3 Å². The van der Waals surface area contributed by atoms with Crippen LogP contribution in [0.2, 0.25) is 0 Å². The maximum Gasteiger partial charge on any atom is 0.0737 e. The first-order valence-corrected chi connectivity index (χ1v) is 3.11. The number of hydrogen-bond acceptors (Lipinski definition) is 0. The number of benzene rings is 1. The van der Waals surface area contributed by atoms with Crippen LogP contribution in [0, 0.1) is 12.0 Å². The molecule has 0 amide bonds. The van der Waals surface area contributed by atoms with E-state index in [1.807, 2.05) is 30.3 Å². The molecule has 1 rings (SSSR count). The zero-order valence-corrected chi connectivity index (χ0v) is 5.83. The molecular weight excluding hydrogens is 122 g/mol. The van der Waals surface area contributed by atoms with Crippen LogP contribution >= 0.6 is 0 Å². The van der Waals surface area contributed by atoms with Crippen molar-refractivity contribution in [3.8, 4) is 12.0 Å². The summed E-state index contributed by atoms with van der Waals surface area (Å²) in [5.74, 6) is 2.70. The van der Waals surface area contributed by atoms with Crippen molar-refractivity contribution in [1.29, 1.82) is 0 Å². The molecule has 0 unspecified atom stereocenters. The zero-order valence-electron chi connectivity index (χ0n) is 5.83. The SMILES string of the molecule is CC#C[N]c1ccccc1. The molecule has 0 spiro atoms. The van der Waals surface area contributed by atoms with Gasteiger partial charge in [0, 0.05) is 6.04 Å². The van der Waals surface area contributed by atoms with Crippen LogP contribution in [0.5, 0.6) is 0 Å². The van der Waals surface area contributed by atoms with E-state index in [1.165, 1.54) is 0 Å². The molecule has 0 aliphatic carbocycles. The van der Waals surface area contributed by atoms with Gasteiger partial charge in [0.25, 0.3) is 0 Å². The minimum absolute atomic E-state index is 0.914.